The van der Waals surface area contributed by atoms with Crippen LogP contribution in [0.25, 0.3) is 0 Å². The number of nitrogens with zero attached hydrogens (tertiary/aromatic N) is 2. The van der Waals surface area contributed by atoms with Crippen molar-refractivity contribution in [3.63, 3.8) is 0 Å². The number of carbonyl (C=O) groups is 1. The highest BCUT2D eigenvalue weighted by Crippen LogP contribution is 2.01. The molecule has 2 unspecified atom stereocenters. The Morgan fingerprint density at radius 3 is 1.56 bits per heavy atom. The molecule has 11 nitrogen and oxygen atoms in total. The molecule has 11 heteroatoms. The Labute approximate surface area is 88.0 Å². The van der Waals surface area contributed by atoms with Crippen molar-refractivity contribution < 1.29 is 34.1 Å². The summed E-state index contributed by atoms with van der Waals surface area (Å²) in [5, 5.41) is 17.2. The molecule has 0 bridgehead atoms. The highest BCUT2D eigenvalue weighted by molar-refractivity contribution is 5.60. The lowest BCUT2D eigenvalue weighted by Gasteiger charge is -2.13. The molecule has 0 fully saturated rings. The molecule has 16 heavy (non-hydrogen) atoms. The normalized spacial score (nSPS) is 13.1. The van der Waals surface area contributed by atoms with Gasteiger partial charge in [-0.1, -0.05) is 0 Å². The molecule has 0 heterocycles. The van der Waals surface area contributed by atoms with Crippen LogP contribution in [-0.2, 0) is 19.1 Å². The van der Waals surface area contributed by atoms with Gasteiger partial charge in [-0.05, 0) is 13.8 Å². The van der Waals surface area contributed by atoms with E-state index >= 15 is 0 Å². The summed E-state index contributed by atoms with van der Waals surface area (Å²) < 4.78 is 8.37. The minimum absolute atomic E-state index is 1.06. The summed E-state index contributed by atoms with van der Waals surface area (Å²) >= 11 is 0. The maximum absolute atomic E-state index is 10.8. The third-order valence-electron chi connectivity index (χ3n) is 0.993. The first-order valence-electron chi connectivity index (χ1n) is 3.81. The van der Waals surface area contributed by atoms with Crippen LogP contribution in [0.4, 0.5) is 4.79 Å². The minimum atomic E-state index is -1.50. The zero-order valence-corrected chi connectivity index (χ0v) is 8.22. The largest absolute Gasteiger partial charge is 0.512 e. The van der Waals surface area contributed by atoms with Crippen LogP contribution in [0.5, 0.6) is 0 Å². The van der Waals surface area contributed by atoms with E-state index in [9.17, 15) is 25.0 Å². The lowest BCUT2D eigenvalue weighted by atomic mass is 10.7. The van der Waals surface area contributed by atoms with Crippen molar-refractivity contribution in [3.8, 4) is 0 Å². The Hall–Kier alpha value is -2.33. The Morgan fingerprint density at radius 2 is 1.31 bits per heavy atom. The van der Waals surface area contributed by atoms with Crippen LogP contribution in [0.3, 0.4) is 0 Å². The van der Waals surface area contributed by atoms with E-state index in [0.717, 1.165) is 13.8 Å². The second kappa shape index (κ2) is 6.21. The van der Waals surface area contributed by atoms with Crippen molar-refractivity contribution in [3.05, 3.63) is 20.2 Å². The van der Waals surface area contributed by atoms with Crippen LogP contribution < -0.4 is 0 Å². The molecule has 0 N–H and O–H groups in total. The van der Waals surface area contributed by atoms with E-state index in [1.165, 1.54) is 0 Å². The number of carbonyl (C=O) groups excluding carboxylic acids is 1. The molecule has 0 aliphatic heterocycles. The summed E-state index contributed by atoms with van der Waals surface area (Å²) in [6, 6.07) is 0. The van der Waals surface area contributed by atoms with Gasteiger partial charge in [0.2, 0.25) is 12.6 Å². The molecule has 0 amide bonds. The van der Waals surface area contributed by atoms with Crippen molar-refractivity contribution in [2.45, 2.75) is 26.4 Å². The fraction of sp³-hybridized carbons (Fsp3) is 0.800. The monoisotopic (exact) mass is 240 g/mol. The van der Waals surface area contributed by atoms with Gasteiger partial charge in [-0.2, -0.15) is 0 Å². The summed E-state index contributed by atoms with van der Waals surface area (Å²) in [6.45, 7) is 2.12. The molecule has 0 aromatic heterocycles. The van der Waals surface area contributed by atoms with Gasteiger partial charge in [-0.15, -0.1) is 20.2 Å². The van der Waals surface area contributed by atoms with Gasteiger partial charge in [0, 0.05) is 0 Å². The van der Waals surface area contributed by atoms with Crippen molar-refractivity contribution in [1.29, 1.82) is 0 Å². The molecule has 0 rings (SSSR count). The van der Waals surface area contributed by atoms with Crippen molar-refractivity contribution in [1.82, 2.24) is 0 Å². The molecule has 92 valence electrons. The highest BCUT2D eigenvalue weighted by atomic mass is 17.0. The van der Waals surface area contributed by atoms with Gasteiger partial charge >= 0.3 is 6.16 Å². The molecule has 0 spiro atoms. The fourth-order valence-electron chi connectivity index (χ4n) is 0.584. The smallest absolute Gasteiger partial charge is 0.404 e. The topological polar surface area (TPSA) is 140 Å². The standard InChI is InChI=1S/C5H8N2O9/c1-3(15-6(9)10)13-5(8)14-4(2)16-7(11)12/h3-4H,1-2H3. The molecule has 0 radical (unpaired) electrons. The summed E-state index contributed by atoms with van der Waals surface area (Å²) in [4.78, 5) is 38.0. The van der Waals surface area contributed by atoms with Crippen LogP contribution >= 0.6 is 0 Å². The molecular weight excluding hydrogens is 232 g/mol. The Bertz CT molecular complexity index is 253. The zero-order valence-electron chi connectivity index (χ0n) is 8.22. The summed E-state index contributed by atoms with van der Waals surface area (Å²) in [6.07, 6.45) is -4.39. The van der Waals surface area contributed by atoms with E-state index in [-0.39, 0.29) is 0 Å². The lowest BCUT2D eigenvalue weighted by molar-refractivity contribution is -0.780. The predicted molar refractivity (Wildman–Crippen MR) is 42.6 cm³/mol. The molecule has 0 saturated carbocycles. The van der Waals surface area contributed by atoms with E-state index in [2.05, 4.69) is 19.1 Å². The van der Waals surface area contributed by atoms with Crippen molar-refractivity contribution in [2.24, 2.45) is 0 Å². The zero-order chi connectivity index (χ0) is 12.7. The van der Waals surface area contributed by atoms with Crippen molar-refractivity contribution >= 4 is 6.16 Å². The minimum Gasteiger partial charge on any atom is -0.404 e. The Morgan fingerprint density at radius 1 is 1.00 bits per heavy atom. The van der Waals surface area contributed by atoms with Gasteiger partial charge in [-0.25, -0.2) is 4.79 Å². The molecule has 0 aliphatic rings. The van der Waals surface area contributed by atoms with Crippen molar-refractivity contribution in [2.75, 3.05) is 0 Å². The number of rotatable bonds is 6. The lowest BCUT2D eigenvalue weighted by Crippen LogP contribution is -2.26. The Balaban J connectivity index is 3.89. The average molecular weight is 240 g/mol. The first-order valence-corrected chi connectivity index (χ1v) is 3.81. The van der Waals surface area contributed by atoms with Gasteiger partial charge < -0.3 is 9.47 Å². The predicted octanol–water partition coefficient (Wildman–Crippen LogP) is 0.248. The Kier molecular flexibility index (Phi) is 5.31. The van der Waals surface area contributed by atoms with Gasteiger partial charge in [0.15, 0.2) is 0 Å². The second-order valence-electron chi connectivity index (χ2n) is 2.28. The summed E-state index contributed by atoms with van der Waals surface area (Å²) in [7, 11) is 0. The van der Waals surface area contributed by atoms with Crippen LogP contribution in [0.2, 0.25) is 0 Å². The summed E-state index contributed by atoms with van der Waals surface area (Å²) in [5.74, 6) is 0. The third kappa shape index (κ3) is 7.11. The molecule has 0 saturated heterocycles. The first kappa shape index (κ1) is 13.7. The van der Waals surface area contributed by atoms with Crippen LogP contribution in [0.1, 0.15) is 13.8 Å². The molecule has 2 atom stereocenters. The van der Waals surface area contributed by atoms with Crippen LogP contribution in [0.15, 0.2) is 0 Å². The van der Waals surface area contributed by atoms with Gasteiger partial charge in [0.1, 0.15) is 0 Å². The van der Waals surface area contributed by atoms with E-state index in [0.29, 0.717) is 0 Å². The quantitative estimate of drug-likeness (QED) is 0.276. The number of hydrogen-bond acceptors (Lipinski definition) is 9. The van der Waals surface area contributed by atoms with Crippen LogP contribution in [-0.4, -0.2) is 28.9 Å². The fourth-order valence-corrected chi connectivity index (χ4v) is 0.584. The molecular formula is C5H8N2O9. The van der Waals surface area contributed by atoms with E-state index in [1.54, 1.807) is 0 Å². The number of hydrogen-bond donors (Lipinski definition) is 0. The van der Waals surface area contributed by atoms with Crippen LogP contribution in [0, 0.1) is 20.2 Å². The maximum atomic E-state index is 10.8. The van der Waals surface area contributed by atoms with E-state index in [1.807, 2.05) is 0 Å². The first-order chi connectivity index (χ1) is 7.31. The van der Waals surface area contributed by atoms with E-state index < -0.39 is 28.9 Å². The molecule has 0 aromatic rings. The number of ether oxygens (including phenoxy) is 2. The third-order valence-corrected chi connectivity index (χ3v) is 0.993. The maximum Gasteiger partial charge on any atom is 0.512 e. The average Bonchev–Trinajstić information content (AvgIpc) is 1.97. The molecule has 0 aromatic carbocycles. The van der Waals surface area contributed by atoms with Gasteiger partial charge in [-0.3, -0.25) is 9.68 Å². The highest BCUT2D eigenvalue weighted by Gasteiger charge is 2.18. The second-order valence-corrected chi connectivity index (χ2v) is 2.28. The van der Waals surface area contributed by atoms with E-state index in [4.69, 9.17) is 0 Å². The summed E-state index contributed by atoms with van der Waals surface area (Å²) in [5.41, 5.74) is 0. The molecule has 0 aliphatic carbocycles. The SMILES string of the molecule is CC(OC(=O)OC(C)O[N+](=O)[O-])O[N+](=O)[O-]. The van der Waals surface area contributed by atoms with Gasteiger partial charge in [0.25, 0.3) is 10.2 Å². The van der Waals surface area contributed by atoms with Gasteiger partial charge in [0.05, 0.1) is 0 Å².